The highest BCUT2D eigenvalue weighted by Gasteiger charge is 2.25. The molecule has 7 heteroatoms. The van der Waals surface area contributed by atoms with Gasteiger partial charge in [0.2, 0.25) is 0 Å². The van der Waals surface area contributed by atoms with Gasteiger partial charge in [-0.25, -0.2) is 4.57 Å². The third-order valence-corrected chi connectivity index (χ3v) is 4.26. The van der Waals surface area contributed by atoms with E-state index in [1.165, 1.54) is 0 Å². The Morgan fingerprint density at radius 1 is 0.895 bits per heavy atom. The van der Waals surface area contributed by atoms with E-state index in [0.717, 1.165) is 7.14 Å². The predicted molar refractivity (Wildman–Crippen MR) is 89.4 cm³/mol. The average Bonchev–Trinajstić information content (AvgIpc) is 2.27. The Labute approximate surface area is 138 Å². The van der Waals surface area contributed by atoms with E-state index in [2.05, 4.69) is 45.2 Å². The first-order valence-corrected chi connectivity index (χ1v) is 8.83. The normalized spacial score (nSPS) is 11.1. The Kier molecular flexibility index (Phi) is 5.10. The smallest absolute Gasteiger partial charge is 0.395 e. The summed E-state index contributed by atoms with van der Waals surface area (Å²) in [6.45, 7) is 0. The third kappa shape index (κ3) is 4.94. The van der Waals surface area contributed by atoms with Crippen LogP contribution >= 0.6 is 53.0 Å². The second kappa shape index (κ2) is 6.43. The highest BCUT2D eigenvalue weighted by molar-refractivity contribution is 14.1. The maximum absolute atomic E-state index is 11.9. The topological polar surface area (TPSA) is 55.8 Å². The van der Waals surface area contributed by atoms with E-state index in [1.807, 2.05) is 12.1 Å². The molecule has 0 atom stereocenters. The zero-order valence-electron chi connectivity index (χ0n) is 9.49. The highest BCUT2D eigenvalue weighted by Crippen LogP contribution is 2.44. The minimum absolute atomic E-state index is 0.295. The van der Waals surface area contributed by atoms with Gasteiger partial charge in [-0.3, -0.25) is 4.89 Å². The maximum Gasteiger partial charge on any atom is 0.584 e. The van der Waals surface area contributed by atoms with Crippen molar-refractivity contribution in [1.82, 2.24) is 0 Å². The Bertz CT molecular complexity index is 581. The summed E-state index contributed by atoms with van der Waals surface area (Å²) in [5.74, 6) is 0.590. The van der Waals surface area contributed by atoms with Crippen LogP contribution in [-0.4, -0.2) is 4.89 Å². The zero-order valence-corrected chi connectivity index (χ0v) is 14.7. The summed E-state index contributed by atoms with van der Waals surface area (Å²) in [4.78, 5) is 9.71. The fourth-order valence-electron chi connectivity index (χ4n) is 1.33. The van der Waals surface area contributed by atoms with Crippen molar-refractivity contribution in [2.24, 2.45) is 0 Å². The Morgan fingerprint density at radius 2 is 1.32 bits per heavy atom. The molecule has 0 saturated heterocycles. The van der Waals surface area contributed by atoms with E-state index in [1.54, 1.807) is 36.4 Å². The van der Waals surface area contributed by atoms with E-state index >= 15 is 0 Å². The fourth-order valence-corrected chi connectivity index (χ4v) is 3.16. The standard InChI is InChI=1S/C12H9I2O4P/c13-9-3-1-5-11(7-9)17-19(15,16)18-12-6-2-4-10(14)8-12/h1-8H,(H,15,16). The third-order valence-electron chi connectivity index (χ3n) is 2.03. The molecule has 0 aliphatic heterocycles. The summed E-state index contributed by atoms with van der Waals surface area (Å²) >= 11 is 4.18. The van der Waals surface area contributed by atoms with Crippen LogP contribution in [0.25, 0.3) is 0 Å². The number of hydrogen-bond acceptors (Lipinski definition) is 3. The summed E-state index contributed by atoms with van der Waals surface area (Å²) in [5, 5.41) is 0. The molecule has 0 fully saturated rings. The number of hydrogen-bond donors (Lipinski definition) is 1. The molecule has 0 saturated carbocycles. The molecular formula is C12H9I2O4P. The molecule has 0 spiro atoms. The van der Waals surface area contributed by atoms with Gasteiger partial charge in [0.1, 0.15) is 11.5 Å². The second-order valence-corrected chi connectivity index (χ2v) is 7.36. The number of phosphoric acid groups is 1. The first-order valence-electron chi connectivity index (χ1n) is 5.18. The first kappa shape index (κ1) is 15.1. The number of benzene rings is 2. The van der Waals surface area contributed by atoms with E-state index < -0.39 is 7.82 Å². The van der Waals surface area contributed by atoms with Crippen molar-refractivity contribution in [3.8, 4) is 11.5 Å². The van der Waals surface area contributed by atoms with Gasteiger partial charge in [-0.1, -0.05) is 12.1 Å². The summed E-state index contributed by atoms with van der Waals surface area (Å²) < 4.78 is 23.7. The van der Waals surface area contributed by atoms with Gasteiger partial charge in [0.25, 0.3) is 0 Å². The van der Waals surface area contributed by atoms with Gasteiger partial charge >= 0.3 is 7.82 Å². The lowest BCUT2D eigenvalue weighted by Crippen LogP contribution is -2.00. The summed E-state index contributed by atoms with van der Waals surface area (Å²) in [5.41, 5.74) is 0. The maximum atomic E-state index is 11.9. The highest BCUT2D eigenvalue weighted by atomic mass is 127. The molecule has 0 aliphatic carbocycles. The summed E-state index contributed by atoms with van der Waals surface area (Å²) in [6, 6.07) is 13.7. The minimum atomic E-state index is -4.18. The molecule has 0 aromatic heterocycles. The molecule has 100 valence electrons. The van der Waals surface area contributed by atoms with Gasteiger partial charge in [-0.05, 0) is 81.6 Å². The van der Waals surface area contributed by atoms with Crippen LogP contribution in [-0.2, 0) is 4.57 Å². The van der Waals surface area contributed by atoms with Crippen LogP contribution in [0.5, 0.6) is 11.5 Å². The molecule has 0 heterocycles. The quantitative estimate of drug-likeness (QED) is 0.496. The molecular weight excluding hydrogens is 493 g/mol. The lowest BCUT2D eigenvalue weighted by Gasteiger charge is -2.14. The van der Waals surface area contributed by atoms with Gasteiger partial charge in [-0.2, -0.15) is 0 Å². The van der Waals surface area contributed by atoms with Gasteiger partial charge < -0.3 is 9.05 Å². The molecule has 0 radical (unpaired) electrons. The lowest BCUT2D eigenvalue weighted by atomic mass is 10.3. The predicted octanol–water partition coefficient (Wildman–Crippen LogP) is 4.45. The molecule has 4 nitrogen and oxygen atoms in total. The fraction of sp³-hybridized carbons (Fsp3) is 0. The number of rotatable bonds is 4. The van der Waals surface area contributed by atoms with E-state index in [9.17, 15) is 9.46 Å². The first-order chi connectivity index (χ1) is 8.94. The molecule has 19 heavy (non-hydrogen) atoms. The molecule has 2 aromatic rings. The Hall–Kier alpha value is -0.310. The van der Waals surface area contributed by atoms with Crippen LogP contribution in [0.3, 0.4) is 0 Å². The van der Waals surface area contributed by atoms with Crippen molar-refractivity contribution in [1.29, 1.82) is 0 Å². The molecule has 0 bridgehead atoms. The van der Waals surface area contributed by atoms with Crippen molar-refractivity contribution in [2.75, 3.05) is 0 Å². The average molecular weight is 502 g/mol. The summed E-state index contributed by atoms with van der Waals surface area (Å²) in [7, 11) is -4.18. The second-order valence-electron chi connectivity index (χ2n) is 3.57. The van der Waals surface area contributed by atoms with Crippen LogP contribution < -0.4 is 9.05 Å². The van der Waals surface area contributed by atoms with E-state index in [4.69, 9.17) is 9.05 Å². The largest absolute Gasteiger partial charge is 0.584 e. The van der Waals surface area contributed by atoms with Crippen LogP contribution in [0.2, 0.25) is 0 Å². The molecule has 2 rings (SSSR count). The van der Waals surface area contributed by atoms with Crippen molar-refractivity contribution < 1.29 is 18.5 Å². The van der Waals surface area contributed by atoms with Gasteiger partial charge in [0, 0.05) is 7.14 Å². The molecule has 0 aliphatic rings. The zero-order chi connectivity index (χ0) is 13.9. The Morgan fingerprint density at radius 3 is 1.68 bits per heavy atom. The minimum Gasteiger partial charge on any atom is -0.395 e. The van der Waals surface area contributed by atoms with Crippen LogP contribution in [0.4, 0.5) is 0 Å². The number of phosphoric ester groups is 1. The van der Waals surface area contributed by atoms with Crippen molar-refractivity contribution >= 4 is 53.0 Å². The SMILES string of the molecule is O=P(O)(Oc1cccc(I)c1)Oc1cccc(I)c1. The van der Waals surface area contributed by atoms with Crippen molar-refractivity contribution in [2.45, 2.75) is 0 Å². The van der Waals surface area contributed by atoms with Gasteiger partial charge in [0.15, 0.2) is 0 Å². The molecule has 2 aromatic carbocycles. The van der Waals surface area contributed by atoms with E-state index in [-0.39, 0.29) is 0 Å². The lowest BCUT2D eigenvalue weighted by molar-refractivity contribution is 0.291. The van der Waals surface area contributed by atoms with Crippen LogP contribution in [0, 0.1) is 7.14 Å². The van der Waals surface area contributed by atoms with Crippen molar-refractivity contribution in [3.63, 3.8) is 0 Å². The monoisotopic (exact) mass is 502 g/mol. The molecule has 0 unspecified atom stereocenters. The van der Waals surface area contributed by atoms with Crippen LogP contribution in [0.1, 0.15) is 0 Å². The summed E-state index contributed by atoms with van der Waals surface area (Å²) in [6.07, 6.45) is 0. The number of halogens is 2. The van der Waals surface area contributed by atoms with Gasteiger partial charge in [-0.15, -0.1) is 0 Å². The molecule has 0 amide bonds. The molecule has 1 N–H and O–H groups in total. The van der Waals surface area contributed by atoms with Gasteiger partial charge in [0.05, 0.1) is 0 Å². The van der Waals surface area contributed by atoms with Crippen LogP contribution in [0.15, 0.2) is 48.5 Å². The van der Waals surface area contributed by atoms with E-state index in [0.29, 0.717) is 11.5 Å². The van der Waals surface area contributed by atoms with Crippen molar-refractivity contribution in [3.05, 3.63) is 55.7 Å². The Balaban J connectivity index is 2.12.